The molecule has 6 heterocycles. The van der Waals surface area contributed by atoms with Crippen molar-refractivity contribution in [2.45, 2.75) is 39.8 Å². The molecule has 0 radical (unpaired) electrons. The van der Waals surface area contributed by atoms with Crippen molar-refractivity contribution in [1.29, 1.82) is 0 Å². The van der Waals surface area contributed by atoms with Gasteiger partial charge >= 0.3 is 0 Å². The van der Waals surface area contributed by atoms with E-state index in [9.17, 15) is 5.11 Å². The number of pyridine rings is 2. The first-order chi connectivity index (χ1) is 24.9. The summed E-state index contributed by atoms with van der Waals surface area (Å²) in [6.07, 6.45) is 6.16. The molecule has 0 saturated heterocycles. The molecule has 4 aliphatic heterocycles. The Kier molecular flexibility index (Phi) is 8.29. The quantitative estimate of drug-likeness (QED) is 0.278. The second kappa shape index (κ2) is 12.9. The van der Waals surface area contributed by atoms with Gasteiger partial charge in [-0.25, -0.2) is 0 Å². The number of nitrogens with zero attached hydrogens (tertiary/aromatic N) is 2. The Morgan fingerprint density at radius 1 is 0.577 bits per heavy atom. The Hall–Kier alpha value is -5.61. The molecule has 10 nitrogen and oxygen atoms in total. The second-order valence-corrected chi connectivity index (χ2v) is 13.2. The molecule has 266 valence electrons. The number of phenols is 1. The fourth-order valence-electron chi connectivity index (χ4n) is 8.12. The van der Waals surface area contributed by atoms with Gasteiger partial charge in [0.05, 0.1) is 43.2 Å². The molecule has 0 spiro atoms. The van der Waals surface area contributed by atoms with Crippen molar-refractivity contribution in [2.75, 3.05) is 34.9 Å². The highest BCUT2D eigenvalue weighted by Gasteiger charge is 2.32. The lowest BCUT2D eigenvalue weighted by molar-refractivity contribution is -0.686. The van der Waals surface area contributed by atoms with Gasteiger partial charge in [0.15, 0.2) is 71.5 Å². The number of fused-ring (bicyclic) bond motifs is 12. The molecule has 2 aromatic heterocycles. The Labute approximate surface area is 307 Å². The molecule has 1 N–H and O–H groups in total. The zero-order valence-corrected chi connectivity index (χ0v) is 30.3. The van der Waals surface area contributed by atoms with Gasteiger partial charge in [0.2, 0.25) is 25.0 Å². The number of halogens is 1. The molecule has 0 atom stereocenters. The smallest absolute Gasteiger partial charge is 0.231 e. The number of aromatic nitrogens is 2. The van der Waals surface area contributed by atoms with Crippen molar-refractivity contribution in [3.05, 3.63) is 83.2 Å². The van der Waals surface area contributed by atoms with E-state index in [1.54, 1.807) is 21.3 Å². The minimum atomic E-state index is 0. The number of aromatic hydroxyl groups is 1. The van der Waals surface area contributed by atoms with E-state index in [0.717, 1.165) is 87.8 Å². The molecule has 52 heavy (non-hydrogen) atoms. The normalized spacial score (nSPS) is 13.9. The summed E-state index contributed by atoms with van der Waals surface area (Å²) >= 11 is 0. The van der Waals surface area contributed by atoms with E-state index in [0.29, 0.717) is 5.75 Å². The number of rotatable bonds is 3. The summed E-state index contributed by atoms with van der Waals surface area (Å²) in [5, 5.41) is 14.7. The van der Waals surface area contributed by atoms with Crippen LogP contribution in [0.25, 0.3) is 44.1 Å². The van der Waals surface area contributed by atoms with E-state index < -0.39 is 0 Å². The van der Waals surface area contributed by atoms with Gasteiger partial charge in [-0.1, -0.05) is 0 Å². The van der Waals surface area contributed by atoms with Gasteiger partial charge < -0.3 is 50.7 Å². The number of hydrogen-bond acceptors (Lipinski definition) is 8. The van der Waals surface area contributed by atoms with Crippen molar-refractivity contribution in [3.63, 3.8) is 0 Å². The summed E-state index contributed by atoms with van der Waals surface area (Å²) in [6, 6.07) is 16.1. The highest BCUT2D eigenvalue weighted by molar-refractivity contribution is 5.96. The van der Waals surface area contributed by atoms with E-state index in [4.69, 9.17) is 33.2 Å². The van der Waals surface area contributed by atoms with Gasteiger partial charge in [0.25, 0.3) is 0 Å². The first-order valence-electron chi connectivity index (χ1n) is 17.0. The van der Waals surface area contributed by atoms with Gasteiger partial charge in [0.1, 0.15) is 0 Å². The zero-order chi connectivity index (χ0) is 35.0. The summed E-state index contributed by atoms with van der Waals surface area (Å²) in [6.45, 7) is 6.63. The molecular formula is C41H38ClN2O8+. The lowest BCUT2D eigenvalue weighted by Crippen LogP contribution is -3.00. The highest BCUT2D eigenvalue weighted by Crippen LogP contribution is 2.45. The number of methoxy groups -OCH3 is 3. The van der Waals surface area contributed by atoms with Crippen LogP contribution in [0.2, 0.25) is 0 Å². The van der Waals surface area contributed by atoms with Crippen molar-refractivity contribution in [1.82, 2.24) is 0 Å². The van der Waals surface area contributed by atoms with Crippen molar-refractivity contribution in [3.8, 4) is 68.5 Å². The van der Waals surface area contributed by atoms with Crippen LogP contribution in [-0.4, -0.2) is 40.0 Å². The first-order valence-corrected chi connectivity index (χ1v) is 17.0. The SMILES string of the molecule is COc1cc2c(cc1O)-c1c(C)c3ccc4c(c3c[n+]1CC2)OCO4.COc1cc2c(cc1OC)-c1c(C)c3ccc4c(c3c[n+]1CC2)OCO4.[Cl-]. The summed E-state index contributed by atoms with van der Waals surface area (Å²) < 4.78 is 43.3. The average molecular weight is 722 g/mol. The van der Waals surface area contributed by atoms with Crippen LogP contribution >= 0.6 is 0 Å². The van der Waals surface area contributed by atoms with E-state index in [1.807, 2.05) is 24.3 Å². The van der Waals surface area contributed by atoms with E-state index in [-0.39, 0.29) is 31.7 Å². The molecule has 11 heteroatoms. The van der Waals surface area contributed by atoms with Crippen LogP contribution in [0.5, 0.6) is 46.0 Å². The molecule has 4 aromatic carbocycles. The van der Waals surface area contributed by atoms with Crippen LogP contribution in [0.15, 0.2) is 60.9 Å². The number of hydrogen-bond donors (Lipinski definition) is 1. The summed E-state index contributed by atoms with van der Waals surface area (Å²) in [5.74, 6) is 5.50. The molecule has 0 fully saturated rings. The van der Waals surface area contributed by atoms with E-state index in [1.165, 1.54) is 38.9 Å². The molecule has 6 aromatic rings. The summed E-state index contributed by atoms with van der Waals surface area (Å²) in [5.41, 5.74) is 9.48. The van der Waals surface area contributed by atoms with Crippen LogP contribution in [-0.2, 0) is 25.9 Å². The van der Waals surface area contributed by atoms with Gasteiger partial charge in [0, 0.05) is 34.7 Å². The van der Waals surface area contributed by atoms with E-state index >= 15 is 0 Å². The third-order valence-corrected chi connectivity index (χ3v) is 10.6. The Bertz CT molecular complexity index is 2450. The maximum Gasteiger partial charge on any atom is 0.231 e. The molecule has 0 bridgehead atoms. The molecular weight excluding hydrogens is 684 g/mol. The maximum atomic E-state index is 10.3. The average Bonchev–Trinajstić information content (AvgIpc) is 3.85. The number of aryl methyl sites for hydroxylation is 6. The predicted octanol–water partition coefficient (Wildman–Crippen LogP) is 3.51. The molecule has 0 amide bonds. The van der Waals surface area contributed by atoms with Crippen LogP contribution in [0.1, 0.15) is 22.3 Å². The van der Waals surface area contributed by atoms with Crippen molar-refractivity contribution < 1.29 is 59.8 Å². The topological polar surface area (TPSA) is 92.6 Å². The minimum Gasteiger partial charge on any atom is -1.00 e. The predicted molar refractivity (Wildman–Crippen MR) is 190 cm³/mol. The summed E-state index contributed by atoms with van der Waals surface area (Å²) in [7, 11) is 4.93. The lowest BCUT2D eigenvalue weighted by atomic mass is 9.91. The number of benzene rings is 4. The lowest BCUT2D eigenvalue weighted by Gasteiger charge is -2.20. The third kappa shape index (κ3) is 5.07. The van der Waals surface area contributed by atoms with Crippen molar-refractivity contribution in [2.24, 2.45) is 0 Å². The van der Waals surface area contributed by atoms with Gasteiger partial charge in [-0.05, 0) is 73.5 Å². The maximum absolute atomic E-state index is 10.3. The largest absolute Gasteiger partial charge is 1.00 e. The number of phenolic OH excluding ortho intramolecular Hbond substituents is 1. The molecule has 4 aliphatic rings. The van der Waals surface area contributed by atoms with Crippen LogP contribution in [0.3, 0.4) is 0 Å². The minimum absolute atomic E-state index is 0. The molecule has 0 saturated carbocycles. The Morgan fingerprint density at radius 2 is 1.04 bits per heavy atom. The van der Waals surface area contributed by atoms with Gasteiger partial charge in [-0.2, -0.15) is 9.13 Å². The monoisotopic (exact) mass is 721 g/mol. The fourth-order valence-corrected chi connectivity index (χ4v) is 8.12. The summed E-state index contributed by atoms with van der Waals surface area (Å²) in [4.78, 5) is 0. The van der Waals surface area contributed by atoms with Crippen LogP contribution in [0.4, 0.5) is 0 Å². The second-order valence-electron chi connectivity index (χ2n) is 13.2. The standard InChI is InChI=1S/C21H20NO4.C20H17NO4.ClH/c1-12-14-4-5-17-21(26-11-25-17)16(14)10-22-7-6-13-8-18(23-2)19(24-3)9-15(13)20(12)22;1-11-13-3-4-17-20(25-10-24-17)15(13)9-21-6-5-12-7-18(23-2)16(22)8-14(12)19(11)21;/h4-5,8-10H,6-7,11H2,1-3H3;3-4,7-9H,5-6,10H2,1-2H3;1H/q+1;;. The van der Waals surface area contributed by atoms with E-state index in [2.05, 4.69) is 59.6 Å². The Morgan fingerprint density at radius 3 is 1.54 bits per heavy atom. The molecule has 0 aliphatic carbocycles. The molecule has 0 unspecified atom stereocenters. The zero-order valence-electron chi connectivity index (χ0n) is 29.6. The first kappa shape index (κ1) is 33.5. The van der Waals surface area contributed by atoms with Crippen LogP contribution < -0.4 is 54.7 Å². The van der Waals surface area contributed by atoms with Crippen molar-refractivity contribution >= 4 is 21.5 Å². The molecule has 10 rings (SSSR count). The third-order valence-electron chi connectivity index (χ3n) is 10.6. The highest BCUT2D eigenvalue weighted by atomic mass is 35.5. The number of ether oxygens (including phenoxy) is 7. The van der Waals surface area contributed by atoms with Gasteiger partial charge in [-0.15, -0.1) is 0 Å². The fraction of sp³-hybridized carbons (Fsp3) is 0.268. The van der Waals surface area contributed by atoms with Gasteiger partial charge in [-0.3, -0.25) is 0 Å². The van der Waals surface area contributed by atoms with Crippen LogP contribution in [0, 0.1) is 13.8 Å². The Balaban J connectivity index is 0.000000146.